The second kappa shape index (κ2) is 10.4. The normalized spacial score (nSPS) is 21.4. The zero-order valence-corrected chi connectivity index (χ0v) is 20.0. The molecule has 1 aliphatic rings. The van der Waals surface area contributed by atoms with E-state index in [-0.39, 0.29) is 12.2 Å². The van der Waals surface area contributed by atoms with Gasteiger partial charge in [0.05, 0.1) is 13.6 Å². The van der Waals surface area contributed by atoms with Crippen molar-refractivity contribution in [3.63, 3.8) is 0 Å². The van der Waals surface area contributed by atoms with E-state index < -0.39 is 11.6 Å². The van der Waals surface area contributed by atoms with Crippen molar-refractivity contribution in [2.24, 2.45) is 0 Å². The minimum atomic E-state index is -1.85. The molecule has 4 rings (SSSR count). The van der Waals surface area contributed by atoms with Crippen LogP contribution in [0.4, 0.5) is 0 Å². The van der Waals surface area contributed by atoms with E-state index in [1.54, 1.807) is 24.3 Å². The van der Waals surface area contributed by atoms with Gasteiger partial charge in [-0.25, -0.2) is 4.79 Å². The largest absolute Gasteiger partial charge is 0.485 e. The van der Waals surface area contributed by atoms with Gasteiger partial charge in [-0.3, -0.25) is 0 Å². The summed E-state index contributed by atoms with van der Waals surface area (Å²) in [7, 11) is 2.19. The number of hydrogen-bond donors (Lipinski definition) is 1. The Morgan fingerprint density at radius 2 is 1.50 bits per heavy atom. The predicted molar refractivity (Wildman–Crippen MR) is 132 cm³/mol. The SMILES string of the molecule is CC(C[N@@+]1(C)CCCC(OC(=O)C(O)(c2ccccc2)c2ccccc2)C1)Oc1ccccc1. The smallest absolute Gasteiger partial charge is 0.348 e. The number of piperidine rings is 1. The molecule has 0 bridgehead atoms. The van der Waals surface area contributed by atoms with Crippen LogP contribution in [0.15, 0.2) is 91.0 Å². The number of rotatable bonds is 8. The van der Waals surface area contributed by atoms with Crippen molar-refractivity contribution >= 4 is 5.97 Å². The Hall–Kier alpha value is -3.15. The van der Waals surface area contributed by atoms with Crippen LogP contribution in [0.25, 0.3) is 0 Å². The number of ether oxygens (including phenoxy) is 2. The molecule has 34 heavy (non-hydrogen) atoms. The summed E-state index contributed by atoms with van der Waals surface area (Å²) in [4.78, 5) is 13.5. The quantitative estimate of drug-likeness (QED) is 0.396. The average Bonchev–Trinajstić information content (AvgIpc) is 2.85. The Kier molecular flexibility index (Phi) is 7.35. The molecule has 3 atom stereocenters. The number of carbonyl (C=O) groups excluding carboxylic acids is 1. The van der Waals surface area contributed by atoms with Crippen LogP contribution in [0.2, 0.25) is 0 Å². The van der Waals surface area contributed by atoms with Crippen LogP contribution in [0.1, 0.15) is 30.9 Å². The molecule has 3 aromatic carbocycles. The molecular weight excluding hydrogens is 426 g/mol. The number of carbonyl (C=O) groups is 1. The van der Waals surface area contributed by atoms with Crippen LogP contribution >= 0.6 is 0 Å². The van der Waals surface area contributed by atoms with Gasteiger partial charge in [0.1, 0.15) is 24.9 Å². The Bertz CT molecular complexity index is 1020. The zero-order chi connectivity index (χ0) is 24.0. The summed E-state index contributed by atoms with van der Waals surface area (Å²) < 4.78 is 12.9. The van der Waals surface area contributed by atoms with E-state index in [1.165, 1.54) is 0 Å². The lowest BCUT2D eigenvalue weighted by Crippen LogP contribution is -2.57. The summed E-state index contributed by atoms with van der Waals surface area (Å²) in [5.41, 5.74) is -0.846. The van der Waals surface area contributed by atoms with E-state index in [0.717, 1.165) is 36.2 Å². The van der Waals surface area contributed by atoms with Crippen LogP contribution in [0.5, 0.6) is 5.75 Å². The molecule has 0 spiro atoms. The number of benzene rings is 3. The molecule has 1 heterocycles. The van der Waals surface area contributed by atoms with Gasteiger partial charge < -0.3 is 19.1 Å². The maximum atomic E-state index is 13.5. The number of nitrogens with zero attached hydrogens (tertiary/aromatic N) is 1. The van der Waals surface area contributed by atoms with Gasteiger partial charge in [-0.1, -0.05) is 78.9 Å². The van der Waals surface area contributed by atoms with Crippen molar-refractivity contribution in [2.75, 3.05) is 26.7 Å². The Labute approximate surface area is 202 Å². The third kappa shape index (κ3) is 5.49. The number of likely N-dealkylation sites (N-methyl/N-ethyl adjacent to an activating group) is 1. The molecule has 0 aliphatic carbocycles. The highest BCUT2D eigenvalue weighted by Gasteiger charge is 2.44. The molecule has 1 saturated heterocycles. The first kappa shape index (κ1) is 24.0. The maximum Gasteiger partial charge on any atom is 0.348 e. The monoisotopic (exact) mass is 460 g/mol. The molecule has 5 heteroatoms. The van der Waals surface area contributed by atoms with Crippen molar-refractivity contribution in [1.29, 1.82) is 0 Å². The van der Waals surface area contributed by atoms with Crippen molar-refractivity contribution in [3.8, 4) is 5.75 Å². The standard InChI is InChI=1S/C29H34NO4/c1-23(33-26-17-10-5-11-18-26)21-30(2)20-12-19-27(22-30)34-28(31)29(32,24-13-6-3-7-14-24)25-15-8-4-9-16-25/h3-11,13-18,23,27,32H,12,19-22H2,1-2H3/q+1/t23?,27?,30-/m1/s1. The number of aliphatic hydroxyl groups is 1. The van der Waals surface area contributed by atoms with Gasteiger partial charge in [-0.2, -0.15) is 0 Å². The zero-order valence-electron chi connectivity index (χ0n) is 20.0. The minimum absolute atomic E-state index is 0.0208. The summed E-state index contributed by atoms with van der Waals surface area (Å²) in [6.45, 7) is 4.58. The van der Waals surface area contributed by atoms with E-state index in [9.17, 15) is 9.90 Å². The molecule has 1 aliphatic heterocycles. The summed E-state index contributed by atoms with van der Waals surface area (Å²) >= 11 is 0. The third-order valence-electron chi connectivity index (χ3n) is 6.60. The van der Waals surface area contributed by atoms with Crippen molar-refractivity contribution in [1.82, 2.24) is 0 Å². The third-order valence-corrected chi connectivity index (χ3v) is 6.60. The van der Waals surface area contributed by atoms with E-state index >= 15 is 0 Å². The van der Waals surface area contributed by atoms with E-state index in [0.29, 0.717) is 17.7 Å². The molecule has 1 N–H and O–H groups in total. The number of likely N-dealkylation sites (tertiary alicyclic amines) is 1. The van der Waals surface area contributed by atoms with Crippen LogP contribution < -0.4 is 4.74 Å². The number of hydrogen-bond acceptors (Lipinski definition) is 4. The Morgan fingerprint density at radius 3 is 2.06 bits per heavy atom. The van der Waals surface area contributed by atoms with Crippen LogP contribution in [-0.2, 0) is 15.1 Å². The summed E-state index contributed by atoms with van der Waals surface area (Å²) in [6, 6.07) is 27.9. The highest BCUT2D eigenvalue weighted by Crippen LogP contribution is 2.32. The fourth-order valence-corrected chi connectivity index (χ4v) is 5.02. The molecule has 2 unspecified atom stereocenters. The lowest BCUT2D eigenvalue weighted by molar-refractivity contribution is -0.919. The average molecular weight is 461 g/mol. The Balaban J connectivity index is 1.47. The second-order valence-corrected chi connectivity index (χ2v) is 9.56. The molecule has 3 aromatic rings. The van der Waals surface area contributed by atoms with Crippen LogP contribution in [0.3, 0.4) is 0 Å². The van der Waals surface area contributed by atoms with Gasteiger partial charge in [-0.05, 0) is 36.6 Å². The van der Waals surface area contributed by atoms with Gasteiger partial charge in [0.15, 0.2) is 6.10 Å². The fourth-order valence-electron chi connectivity index (χ4n) is 5.02. The highest BCUT2D eigenvalue weighted by molar-refractivity contribution is 5.85. The van der Waals surface area contributed by atoms with Crippen molar-refractivity contribution in [2.45, 2.75) is 37.6 Å². The molecule has 0 aromatic heterocycles. The topological polar surface area (TPSA) is 55.8 Å². The first-order valence-corrected chi connectivity index (χ1v) is 12.0. The van der Waals surface area contributed by atoms with Gasteiger partial charge in [0.2, 0.25) is 5.60 Å². The van der Waals surface area contributed by atoms with Crippen molar-refractivity contribution < 1.29 is 23.9 Å². The lowest BCUT2D eigenvalue weighted by Gasteiger charge is -2.42. The lowest BCUT2D eigenvalue weighted by atomic mass is 9.86. The van der Waals surface area contributed by atoms with Crippen molar-refractivity contribution in [3.05, 3.63) is 102 Å². The van der Waals surface area contributed by atoms with Gasteiger partial charge >= 0.3 is 5.97 Å². The first-order chi connectivity index (χ1) is 16.4. The number of para-hydroxylation sites is 1. The molecule has 0 amide bonds. The summed E-state index contributed by atoms with van der Waals surface area (Å²) in [5.74, 6) is 0.231. The summed E-state index contributed by atoms with van der Waals surface area (Å²) in [6.07, 6.45) is 1.48. The molecule has 1 fully saturated rings. The molecule has 0 saturated carbocycles. The number of esters is 1. The fraction of sp³-hybridized carbons (Fsp3) is 0.345. The summed E-state index contributed by atoms with van der Waals surface area (Å²) in [5, 5.41) is 11.7. The predicted octanol–water partition coefficient (Wildman–Crippen LogP) is 4.54. The first-order valence-electron chi connectivity index (χ1n) is 12.0. The van der Waals surface area contributed by atoms with Crippen LogP contribution in [0, 0.1) is 0 Å². The van der Waals surface area contributed by atoms with Crippen LogP contribution in [-0.4, -0.2) is 54.4 Å². The molecular formula is C29H34NO4+. The highest BCUT2D eigenvalue weighted by atomic mass is 16.6. The molecule has 178 valence electrons. The second-order valence-electron chi connectivity index (χ2n) is 9.56. The minimum Gasteiger partial charge on any atom is -0.485 e. The van der Waals surface area contributed by atoms with Gasteiger partial charge in [0.25, 0.3) is 0 Å². The van der Waals surface area contributed by atoms with E-state index in [2.05, 4.69) is 14.0 Å². The maximum absolute atomic E-state index is 13.5. The van der Waals surface area contributed by atoms with E-state index in [4.69, 9.17) is 9.47 Å². The van der Waals surface area contributed by atoms with Gasteiger partial charge in [-0.15, -0.1) is 0 Å². The Morgan fingerprint density at radius 1 is 0.971 bits per heavy atom. The molecule has 5 nitrogen and oxygen atoms in total. The molecule has 0 radical (unpaired) electrons. The van der Waals surface area contributed by atoms with Gasteiger partial charge in [0, 0.05) is 6.42 Å². The number of quaternary nitrogens is 1. The van der Waals surface area contributed by atoms with E-state index in [1.807, 2.05) is 66.7 Å².